The van der Waals surface area contributed by atoms with Crippen LogP contribution in [0, 0.1) is 10.1 Å². The van der Waals surface area contributed by atoms with Crippen LogP contribution in [0.4, 0.5) is 11.4 Å². The van der Waals surface area contributed by atoms with Crippen molar-refractivity contribution in [1.29, 1.82) is 0 Å². The van der Waals surface area contributed by atoms with Crippen molar-refractivity contribution >= 4 is 17.3 Å². The van der Waals surface area contributed by atoms with Gasteiger partial charge in [0.1, 0.15) is 5.69 Å². The average molecular weight is 294 g/mol. The Morgan fingerprint density at radius 3 is 2.62 bits per heavy atom. The van der Waals surface area contributed by atoms with E-state index in [1.807, 2.05) is 25.9 Å². The summed E-state index contributed by atoms with van der Waals surface area (Å²) in [6, 6.07) is 4.48. The van der Waals surface area contributed by atoms with Crippen molar-refractivity contribution < 1.29 is 9.72 Å². The molecule has 0 saturated heterocycles. The zero-order valence-electron chi connectivity index (χ0n) is 12.7. The average Bonchev–Trinajstić information content (AvgIpc) is 2.44. The molecule has 2 N–H and O–H groups in total. The van der Waals surface area contributed by atoms with Gasteiger partial charge in [0.25, 0.3) is 11.6 Å². The number of amides is 1. The van der Waals surface area contributed by atoms with Crippen LogP contribution < -0.4 is 10.6 Å². The van der Waals surface area contributed by atoms with E-state index in [2.05, 4.69) is 10.6 Å². The molecule has 1 rings (SSSR count). The van der Waals surface area contributed by atoms with Crippen LogP contribution in [0.5, 0.6) is 0 Å². The first-order chi connectivity index (χ1) is 9.95. The summed E-state index contributed by atoms with van der Waals surface area (Å²) in [5.74, 6) is -0.304. The van der Waals surface area contributed by atoms with E-state index in [1.54, 1.807) is 12.1 Å². The molecule has 0 aromatic heterocycles. The first-order valence-corrected chi connectivity index (χ1v) is 6.91. The Balaban J connectivity index is 2.82. The van der Waals surface area contributed by atoms with Crippen molar-refractivity contribution in [3.63, 3.8) is 0 Å². The van der Waals surface area contributed by atoms with Crippen LogP contribution in [0.2, 0.25) is 0 Å². The van der Waals surface area contributed by atoms with Gasteiger partial charge in [-0.25, -0.2) is 0 Å². The molecule has 7 nitrogen and oxygen atoms in total. The quantitative estimate of drug-likeness (QED) is 0.563. The Morgan fingerprint density at radius 2 is 2.05 bits per heavy atom. The molecule has 1 aromatic rings. The van der Waals surface area contributed by atoms with E-state index in [4.69, 9.17) is 0 Å². The second kappa shape index (κ2) is 8.21. The van der Waals surface area contributed by atoms with Gasteiger partial charge in [-0.1, -0.05) is 6.92 Å². The molecular formula is C14H22N4O3. The summed E-state index contributed by atoms with van der Waals surface area (Å²) in [5, 5.41) is 16.8. The summed E-state index contributed by atoms with van der Waals surface area (Å²) in [5.41, 5.74) is 0.651. The van der Waals surface area contributed by atoms with Crippen molar-refractivity contribution in [2.45, 2.75) is 13.3 Å². The molecule has 0 aliphatic heterocycles. The lowest BCUT2D eigenvalue weighted by atomic mass is 10.1. The lowest BCUT2D eigenvalue weighted by Gasteiger charge is -2.11. The number of hydrogen-bond acceptors (Lipinski definition) is 5. The summed E-state index contributed by atoms with van der Waals surface area (Å²) in [7, 11) is 3.82. The highest BCUT2D eigenvalue weighted by molar-refractivity contribution is 5.95. The lowest BCUT2D eigenvalue weighted by Crippen LogP contribution is -2.31. The van der Waals surface area contributed by atoms with Crippen molar-refractivity contribution in [1.82, 2.24) is 10.2 Å². The smallest absolute Gasteiger partial charge is 0.293 e. The molecule has 0 aliphatic carbocycles. The molecule has 0 unspecified atom stereocenters. The van der Waals surface area contributed by atoms with Crippen LogP contribution in [-0.2, 0) is 0 Å². The van der Waals surface area contributed by atoms with Gasteiger partial charge < -0.3 is 15.5 Å². The topological polar surface area (TPSA) is 87.5 Å². The number of nitrogens with zero attached hydrogens (tertiary/aromatic N) is 2. The summed E-state index contributed by atoms with van der Waals surface area (Å²) < 4.78 is 0. The number of anilines is 1. The van der Waals surface area contributed by atoms with Gasteiger partial charge >= 0.3 is 0 Å². The number of likely N-dealkylation sites (N-methyl/N-ethyl adjacent to an activating group) is 1. The minimum atomic E-state index is -0.478. The maximum Gasteiger partial charge on any atom is 0.293 e. The maximum atomic E-state index is 12.0. The zero-order valence-corrected chi connectivity index (χ0v) is 12.7. The van der Waals surface area contributed by atoms with Crippen LogP contribution in [0.3, 0.4) is 0 Å². The number of carbonyl (C=O) groups excluding carboxylic acids is 1. The number of carbonyl (C=O) groups is 1. The van der Waals surface area contributed by atoms with Crippen LogP contribution in [0.1, 0.15) is 23.7 Å². The molecule has 1 amide bonds. The molecular weight excluding hydrogens is 272 g/mol. The summed E-state index contributed by atoms with van der Waals surface area (Å²) >= 11 is 0. The number of rotatable bonds is 8. The normalized spacial score (nSPS) is 10.5. The Labute approximate surface area is 124 Å². The maximum absolute atomic E-state index is 12.0. The van der Waals surface area contributed by atoms with E-state index in [9.17, 15) is 14.9 Å². The Bertz CT molecular complexity index is 503. The van der Waals surface area contributed by atoms with Crippen LogP contribution in [0.25, 0.3) is 0 Å². The SMILES string of the molecule is CCCNc1ccc(C(=O)NCCN(C)C)cc1[N+](=O)[O-]. The predicted octanol–water partition coefficient (Wildman–Crippen LogP) is 1.71. The fourth-order valence-corrected chi connectivity index (χ4v) is 1.73. The summed E-state index contributed by atoms with van der Waals surface area (Å²) in [6.07, 6.45) is 0.865. The standard InChI is InChI=1S/C14H22N4O3/c1-4-7-15-12-6-5-11(10-13(12)18(20)21)14(19)16-8-9-17(2)3/h5-6,10,15H,4,7-9H2,1-3H3,(H,16,19). The van der Waals surface area contributed by atoms with Crippen molar-refractivity contribution in [2.24, 2.45) is 0 Å². The minimum absolute atomic E-state index is 0.0799. The zero-order chi connectivity index (χ0) is 15.8. The Hall–Kier alpha value is -2.15. The van der Waals surface area contributed by atoms with E-state index in [0.29, 0.717) is 30.9 Å². The third-order valence-electron chi connectivity index (χ3n) is 2.87. The van der Waals surface area contributed by atoms with Gasteiger partial charge in [-0.15, -0.1) is 0 Å². The van der Waals surface area contributed by atoms with E-state index < -0.39 is 4.92 Å². The molecule has 0 fully saturated rings. The molecule has 0 saturated carbocycles. The van der Waals surface area contributed by atoms with Gasteiger partial charge in [-0.3, -0.25) is 14.9 Å². The van der Waals surface area contributed by atoms with Gasteiger partial charge in [-0.05, 0) is 32.6 Å². The monoisotopic (exact) mass is 294 g/mol. The van der Waals surface area contributed by atoms with Gasteiger partial charge in [-0.2, -0.15) is 0 Å². The number of nitrogens with one attached hydrogen (secondary N) is 2. The fourth-order valence-electron chi connectivity index (χ4n) is 1.73. The molecule has 0 aliphatic rings. The highest BCUT2D eigenvalue weighted by Gasteiger charge is 2.17. The molecule has 21 heavy (non-hydrogen) atoms. The summed E-state index contributed by atoms with van der Waals surface area (Å²) in [4.78, 5) is 24.5. The fraction of sp³-hybridized carbons (Fsp3) is 0.500. The van der Waals surface area contributed by atoms with Crippen LogP contribution >= 0.6 is 0 Å². The Kier molecular flexibility index (Phi) is 6.61. The predicted molar refractivity (Wildman–Crippen MR) is 82.8 cm³/mol. The molecule has 1 aromatic carbocycles. The molecule has 116 valence electrons. The van der Waals surface area contributed by atoms with Crippen molar-refractivity contribution in [3.05, 3.63) is 33.9 Å². The lowest BCUT2D eigenvalue weighted by molar-refractivity contribution is -0.384. The minimum Gasteiger partial charge on any atom is -0.380 e. The third kappa shape index (κ3) is 5.39. The third-order valence-corrected chi connectivity index (χ3v) is 2.87. The van der Waals surface area contributed by atoms with Gasteiger partial charge in [0, 0.05) is 31.3 Å². The molecule has 0 radical (unpaired) electrons. The van der Waals surface area contributed by atoms with E-state index in [0.717, 1.165) is 6.42 Å². The first-order valence-electron chi connectivity index (χ1n) is 6.91. The highest BCUT2D eigenvalue weighted by Crippen LogP contribution is 2.25. The molecule has 0 spiro atoms. The first kappa shape index (κ1) is 16.9. The van der Waals surface area contributed by atoms with Gasteiger partial charge in [0.2, 0.25) is 0 Å². The van der Waals surface area contributed by atoms with Crippen LogP contribution in [0.15, 0.2) is 18.2 Å². The number of nitro benzene ring substituents is 1. The molecule has 0 heterocycles. The largest absolute Gasteiger partial charge is 0.380 e. The van der Waals surface area contributed by atoms with E-state index >= 15 is 0 Å². The van der Waals surface area contributed by atoms with E-state index in [1.165, 1.54) is 6.07 Å². The number of benzene rings is 1. The number of nitro groups is 1. The highest BCUT2D eigenvalue weighted by atomic mass is 16.6. The van der Waals surface area contributed by atoms with Crippen molar-refractivity contribution in [3.8, 4) is 0 Å². The Morgan fingerprint density at radius 1 is 1.33 bits per heavy atom. The van der Waals surface area contributed by atoms with Gasteiger partial charge in [0.15, 0.2) is 0 Å². The van der Waals surface area contributed by atoms with Crippen molar-refractivity contribution in [2.75, 3.05) is 39.0 Å². The van der Waals surface area contributed by atoms with Gasteiger partial charge in [0.05, 0.1) is 4.92 Å². The van der Waals surface area contributed by atoms with E-state index in [-0.39, 0.29) is 11.6 Å². The number of hydrogen-bond donors (Lipinski definition) is 2. The molecule has 7 heteroatoms. The second-order valence-electron chi connectivity index (χ2n) is 4.97. The second-order valence-corrected chi connectivity index (χ2v) is 4.97. The summed E-state index contributed by atoms with van der Waals surface area (Å²) in [6.45, 7) is 3.83. The van der Waals surface area contributed by atoms with Crippen LogP contribution in [-0.4, -0.2) is 49.5 Å². The molecule has 0 atom stereocenters. The molecule has 0 bridgehead atoms.